The van der Waals surface area contributed by atoms with Crippen molar-refractivity contribution in [3.05, 3.63) is 28.0 Å². The number of hydrogen-bond donors (Lipinski definition) is 2. The minimum atomic E-state index is -0.925. The zero-order valence-corrected chi connectivity index (χ0v) is 12.7. The molecule has 0 spiro atoms. The normalized spacial score (nSPS) is 12.2. The van der Waals surface area contributed by atoms with Gasteiger partial charge in [-0.25, -0.2) is 4.98 Å². The monoisotopic (exact) mass is 318 g/mol. The van der Waals surface area contributed by atoms with Crippen LogP contribution in [0.25, 0.3) is 0 Å². The van der Waals surface area contributed by atoms with Crippen molar-refractivity contribution in [1.82, 2.24) is 10.3 Å². The van der Waals surface area contributed by atoms with Crippen LogP contribution in [0.4, 0.5) is 0 Å². The van der Waals surface area contributed by atoms with Gasteiger partial charge in [-0.15, -0.1) is 0 Å². The maximum Gasteiger partial charge on any atom is 0.308 e. The molecule has 0 saturated carbocycles. The van der Waals surface area contributed by atoms with E-state index in [1.165, 1.54) is 12.3 Å². The maximum atomic E-state index is 11.9. The van der Waals surface area contributed by atoms with Crippen molar-refractivity contribution in [2.75, 3.05) is 6.54 Å². The molecule has 0 saturated heterocycles. The molecule has 0 fully saturated rings. The van der Waals surface area contributed by atoms with Gasteiger partial charge in [0.15, 0.2) is 0 Å². The number of nitrogens with zero attached hydrogens (tertiary/aromatic N) is 1. The van der Waals surface area contributed by atoms with Gasteiger partial charge in [0, 0.05) is 12.7 Å². The molecule has 0 aromatic carbocycles. The molecule has 0 aliphatic carbocycles. The Morgan fingerprint density at radius 1 is 1.40 bits per heavy atom. The van der Waals surface area contributed by atoms with E-state index in [4.69, 9.17) is 28.3 Å². The summed E-state index contributed by atoms with van der Waals surface area (Å²) in [6.45, 7) is 3.92. The van der Waals surface area contributed by atoms with Crippen LogP contribution in [0.15, 0.2) is 12.3 Å². The molecule has 110 valence electrons. The Kier molecular flexibility index (Phi) is 6.23. The van der Waals surface area contributed by atoms with Gasteiger partial charge >= 0.3 is 5.97 Å². The molecule has 1 atom stereocenters. The molecule has 0 aliphatic heterocycles. The molecule has 20 heavy (non-hydrogen) atoms. The van der Waals surface area contributed by atoms with E-state index in [1.807, 2.05) is 13.8 Å². The van der Waals surface area contributed by atoms with E-state index in [9.17, 15) is 9.59 Å². The van der Waals surface area contributed by atoms with Crippen LogP contribution in [-0.4, -0.2) is 28.5 Å². The van der Waals surface area contributed by atoms with Crippen molar-refractivity contribution in [1.29, 1.82) is 0 Å². The van der Waals surface area contributed by atoms with Crippen molar-refractivity contribution < 1.29 is 14.7 Å². The summed E-state index contributed by atoms with van der Waals surface area (Å²) in [7, 11) is 0. The lowest BCUT2D eigenvalue weighted by Crippen LogP contribution is -2.33. The molecule has 1 rings (SSSR count). The number of carboxylic acid groups (broad SMARTS) is 1. The number of halogens is 2. The first-order valence-electron chi connectivity index (χ1n) is 6.13. The van der Waals surface area contributed by atoms with E-state index in [0.717, 1.165) is 0 Å². The van der Waals surface area contributed by atoms with E-state index in [1.54, 1.807) is 0 Å². The molecule has 2 N–H and O–H groups in total. The molecule has 7 heteroatoms. The van der Waals surface area contributed by atoms with Crippen LogP contribution < -0.4 is 5.32 Å². The number of carboxylic acids is 1. The average molecular weight is 319 g/mol. The Bertz CT molecular complexity index is 506. The number of amides is 1. The third-order valence-corrected chi connectivity index (χ3v) is 3.36. The molecule has 0 radical (unpaired) electrons. The fourth-order valence-corrected chi connectivity index (χ4v) is 1.97. The van der Waals surface area contributed by atoms with E-state index >= 15 is 0 Å². The summed E-state index contributed by atoms with van der Waals surface area (Å²) >= 11 is 11.4. The largest absolute Gasteiger partial charge is 0.481 e. The van der Waals surface area contributed by atoms with Crippen LogP contribution in [0.3, 0.4) is 0 Å². The van der Waals surface area contributed by atoms with E-state index in [0.29, 0.717) is 6.42 Å². The molecular weight excluding hydrogens is 303 g/mol. The lowest BCUT2D eigenvalue weighted by molar-refractivity contribution is -0.142. The molecular formula is C13H16Cl2N2O3. The lowest BCUT2D eigenvalue weighted by Gasteiger charge is -2.15. The third-order valence-electron chi connectivity index (χ3n) is 2.67. The Hall–Kier alpha value is -1.33. The van der Waals surface area contributed by atoms with Crippen LogP contribution in [0.5, 0.6) is 0 Å². The number of aromatic nitrogens is 1. The molecule has 0 aliphatic rings. The summed E-state index contributed by atoms with van der Waals surface area (Å²) in [4.78, 5) is 26.7. The topological polar surface area (TPSA) is 79.3 Å². The second kappa shape index (κ2) is 7.45. The van der Waals surface area contributed by atoms with Gasteiger partial charge in [-0.2, -0.15) is 0 Å². The van der Waals surface area contributed by atoms with Crippen LogP contribution in [0.1, 0.15) is 30.6 Å². The van der Waals surface area contributed by atoms with E-state index < -0.39 is 17.8 Å². The number of nitrogens with one attached hydrogen (secondary N) is 1. The number of rotatable bonds is 6. The summed E-state index contributed by atoms with van der Waals surface area (Å²) in [6.07, 6.45) is 1.79. The van der Waals surface area contributed by atoms with Crippen molar-refractivity contribution >= 4 is 35.1 Å². The number of hydrogen-bond acceptors (Lipinski definition) is 3. The summed E-state index contributed by atoms with van der Waals surface area (Å²) in [5, 5.41) is 11.9. The van der Waals surface area contributed by atoms with Gasteiger partial charge in [-0.1, -0.05) is 37.0 Å². The van der Waals surface area contributed by atoms with Crippen LogP contribution in [-0.2, 0) is 4.79 Å². The molecule has 5 nitrogen and oxygen atoms in total. The highest BCUT2D eigenvalue weighted by Gasteiger charge is 2.20. The van der Waals surface area contributed by atoms with Gasteiger partial charge < -0.3 is 10.4 Å². The summed E-state index contributed by atoms with van der Waals surface area (Å²) in [6, 6.07) is 1.39. The number of carbonyl (C=O) groups excluding carboxylic acids is 1. The second-order valence-electron chi connectivity index (χ2n) is 4.87. The second-order valence-corrected chi connectivity index (χ2v) is 5.64. The number of aliphatic carboxylic acids is 1. The van der Waals surface area contributed by atoms with Gasteiger partial charge in [0.2, 0.25) is 0 Å². The van der Waals surface area contributed by atoms with Crippen molar-refractivity contribution in [3.8, 4) is 0 Å². The van der Waals surface area contributed by atoms with Crippen molar-refractivity contribution in [2.45, 2.75) is 20.3 Å². The Morgan fingerprint density at radius 3 is 2.55 bits per heavy atom. The minimum Gasteiger partial charge on any atom is -0.481 e. The summed E-state index contributed by atoms with van der Waals surface area (Å²) in [5.74, 6) is -1.73. The highest BCUT2D eigenvalue weighted by Crippen LogP contribution is 2.19. The highest BCUT2D eigenvalue weighted by molar-refractivity contribution is 6.41. The zero-order valence-electron chi connectivity index (χ0n) is 11.2. The highest BCUT2D eigenvalue weighted by atomic mass is 35.5. The van der Waals surface area contributed by atoms with Crippen LogP contribution >= 0.6 is 23.2 Å². The molecule has 0 bridgehead atoms. The number of carbonyl (C=O) groups is 2. The fourth-order valence-electron chi connectivity index (χ4n) is 1.70. The number of pyridine rings is 1. The van der Waals surface area contributed by atoms with Crippen molar-refractivity contribution in [3.63, 3.8) is 0 Å². The lowest BCUT2D eigenvalue weighted by atomic mass is 9.97. The summed E-state index contributed by atoms with van der Waals surface area (Å²) < 4.78 is 0. The van der Waals surface area contributed by atoms with Gasteiger partial charge in [0.25, 0.3) is 5.91 Å². The standard InChI is InChI=1S/C13H16Cl2N2O3/c1-7(2)3-9(13(19)20)6-17-12(18)8-4-10(14)11(15)16-5-8/h4-5,7,9H,3,6H2,1-2H3,(H,17,18)(H,19,20). The van der Waals surface area contributed by atoms with E-state index in [2.05, 4.69) is 10.3 Å². The molecule has 1 aromatic heterocycles. The quantitative estimate of drug-likeness (QED) is 0.790. The van der Waals surface area contributed by atoms with Crippen LogP contribution in [0, 0.1) is 11.8 Å². The van der Waals surface area contributed by atoms with Crippen molar-refractivity contribution in [2.24, 2.45) is 11.8 Å². The Labute approximate surface area is 127 Å². The Morgan fingerprint density at radius 2 is 2.05 bits per heavy atom. The third kappa shape index (κ3) is 4.98. The van der Waals surface area contributed by atoms with E-state index in [-0.39, 0.29) is 28.2 Å². The fraction of sp³-hybridized carbons (Fsp3) is 0.462. The summed E-state index contributed by atoms with van der Waals surface area (Å²) in [5.41, 5.74) is 0.244. The van der Waals surface area contributed by atoms with Gasteiger partial charge in [-0.3, -0.25) is 9.59 Å². The predicted molar refractivity (Wildman–Crippen MR) is 77.2 cm³/mol. The van der Waals surface area contributed by atoms with Crippen LogP contribution in [0.2, 0.25) is 10.2 Å². The van der Waals surface area contributed by atoms with Gasteiger partial charge in [-0.05, 0) is 18.4 Å². The molecule has 1 heterocycles. The first kappa shape index (κ1) is 16.7. The van der Waals surface area contributed by atoms with Gasteiger partial charge in [0.05, 0.1) is 16.5 Å². The molecule has 1 aromatic rings. The zero-order chi connectivity index (χ0) is 15.3. The molecule has 1 amide bonds. The average Bonchev–Trinajstić information content (AvgIpc) is 2.36. The molecule has 1 unspecified atom stereocenters. The first-order valence-corrected chi connectivity index (χ1v) is 6.89. The maximum absolute atomic E-state index is 11.9. The predicted octanol–water partition coefficient (Wildman–Crippen LogP) is 2.87. The van der Waals surface area contributed by atoms with Gasteiger partial charge in [0.1, 0.15) is 5.15 Å². The first-order chi connectivity index (χ1) is 9.31. The Balaban J connectivity index is 2.65. The SMILES string of the molecule is CC(C)CC(CNC(=O)c1cnc(Cl)c(Cl)c1)C(=O)O. The smallest absolute Gasteiger partial charge is 0.308 e. The minimum absolute atomic E-state index is 0.0621.